The zero-order chi connectivity index (χ0) is 10.9. The van der Waals surface area contributed by atoms with Gasteiger partial charge in [0.25, 0.3) is 5.91 Å². The number of benzene rings is 1. The van der Waals surface area contributed by atoms with Crippen molar-refractivity contribution in [3.05, 3.63) is 33.0 Å². The van der Waals surface area contributed by atoms with Crippen molar-refractivity contribution in [2.75, 3.05) is 14.1 Å². The molecule has 0 spiro atoms. The molecule has 1 rings (SSSR count). The molecule has 0 aliphatic carbocycles. The normalized spacial score (nSPS) is 10.1. The van der Waals surface area contributed by atoms with Crippen molar-refractivity contribution in [3.63, 3.8) is 0 Å². The highest BCUT2D eigenvalue weighted by Gasteiger charge is 2.15. The van der Waals surface area contributed by atoms with E-state index < -0.39 is 5.82 Å². The van der Waals surface area contributed by atoms with Crippen molar-refractivity contribution < 1.29 is 9.18 Å². The zero-order valence-corrected chi connectivity index (χ0v) is 9.99. The second kappa shape index (κ2) is 4.28. The average Bonchev–Trinajstić information content (AvgIpc) is 2.09. The first-order valence-electron chi connectivity index (χ1n) is 3.79. The van der Waals surface area contributed by atoms with Gasteiger partial charge in [-0.2, -0.15) is 0 Å². The molecule has 5 heteroatoms. The molecule has 0 atom stereocenters. The first kappa shape index (κ1) is 11.5. The van der Waals surface area contributed by atoms with Crippen LogP contribution in [0.3, 0.4) is 0 Å². The van der Waals surface area contributed by atoms with E-state index in [-0.39, 0.29) is 16.5 Å². The molecule has 0 saturated heterocycles. The molecule has 0 aliphatic rings. The fourth-order valence-electron chi connectivity index (χ4n) is 0.953. The summed E-state index contributed by atoms with van der Waals surface area (Å²) in [7, 11) is 3.16. The summed E-state index contributed by atoms with van der Waals surface area (Å²) < 4.78 is 13.4. The van der Waals surface area contributed by atoms with Crippen LogP contribution in [-0.4, -0.2) is 24.9 Å². The molecule has 2 nitrogen and oxygen atoms in total. The van der Waals surface area contributed by atoms with Gasteiger partial charge < -0.3 is 4.90 Å². The Morgan fingerprint density at radius 3 is 2.57 bits per heavy atom. The van der Waals surface area contributed by atoms with Gasteiger partial charge in [-0.25, -0.2) is 4.39 Å². The highest BCUT2D eigenvalue weighted by molar-refractivity contribution is 9.10. The van der Waals surface area contributed by atoms with E-state index in [1.165, 1.54) is 11.0 Å². The summed E-state index contributed by atoms with van der Waals surface area (Å²) in [4.78, 5) is 12.9. The molecule has 0 saturated carbocycles. The van der Waals surface area contributed by atoms with Crippen LogP contribution in [0.4, 0.5) is 4.39 Å². The molecule has 0 fully saturated rings. The van der Waals surface area contributed by atoms with Crippen molar-refractivity contribution in [1.29, 1.82) is 0 Å². The first-order valence-corrected chi connectivity index (χ1v) is 4.96. The molecule has 0 unspecified atom stereocenters. The third kappa shape index (κ3) is 2.25. The predicted molar refractivity (Wildman–Crippen MR) is 57.1 cm³/mol. The molecule has 0 heterocycles. The van der Waals surface area contributed by atoms with Crippen LogP contribution < -0.4 is 0 Å². The van der Waals surface area contributed by atoms with Crippen molar-refractivity contribution >= 4 is 33.4 Å². The highest BCUT2D eigenvalue weighted by Crippen LogP contribution is 2.28. The van der Waals surface area contributed by atoms with Gasteiger partial charge in [0.15, 0.2) is 0 Å². The standard InChI is InChI=1S/C9H8BrClFNO/c1-13(2)9(14)6-3-5(12)4-7(10)8(6)11/h3-4H,1-2H3. The number of carbonyl (C=O) groups is 1. The number of nitrogens with zero attached hydrogens (tertiary/aromatic N) is 1. The monoisotopic (exact) mass is 279 g/mol. The van der Waals surface area contributed by atoms with Gasteiger partial charge >= 0.3 is 0 Å². The molecule has 0 aliphatic heterocycles. The van der Waals surface area contributed by atoms with E-state index in [1.807, 2.05) is 0 Å². The molecule has 0 N–H and O–H groups in total. The first-order chi connectivity index (χ1) is 6.43. The fraction of sp³-hybridized carbons (Fsp3) is 0.222. The summed E-state index contributed by atoms with van der Waals surface area (Å²) in [6, 6.07) is 2.34. The number of halogens is 3. The Morgan fingerprint density at radius 1 is 1.50 bits per heavy atom. The van der Waals surface area contributed by atoms with Crippen molar-refractivity contribution in [1.82, 2.24) is 4.90 Å². The van der Waals surface area contributed by atoms with Gasteiger partial charge in [0, 0.05) is 18.6 Å². The molecule has 0 bridgehead atoms. The summed E-state index contributed by atoms with van der Waals surface area (Å²) in [5.41, 5.74) is 0.156. The molecular weight excluding hydrogens is 272 g/mol. The molecule has 0 aromatic heterocycles. The molecule has 1 aromatic rings. The summed E-state index contributed by atoms with van der Waals surface area (Å²) in [5, 5.41) is 0.227. The lowest BCUT2D eigenvalue weighted by Crippen LogP contribution is -2.22. The Hall–Kier alpha value is -0.610. The molecule has 1 aromatic carbocycles. The third-order valence-electron chi connectivity index (χ3n) is 1.63. The Morgan fingerprint density at radius 2 is 2.07 bits per heavy atom. The van der Waals surface area contributed by atoms with Crippen molar-refractivity contribution in [2.45, 2.75) is 0 Å². The number of carbonyl (C=O) groups excluding carboxylic acids is 1. The van der Waals surface area contributed by atoms with E-state index in [1.54, 1.807) is 14.1 Å². The number of amides is 1. The minimum absolute atomic E-state index is 0.156. The van der Waals surface area contributed by atoms with Crippen molar-refractivity contribution in [2.24, 2.45) is 0 Å². The van der Waals surface area contributed by atoms with Crippen molar-refractivity contribution in [3.8, 4) is 0 Å². The SMILES string of the molecule is CN(C)C(=O)c1cc(F)cc(Br)c1Cl. The van der Waals surface area contributed by atoms with Crippen LogP contribution in [0.15, 0.2) is 16.6 Å². The Labute approximate surface area is 94.8 Å². The molecular formula is C9H8BrClFNO. The average molecular weight is 281 g/mol. The summed E-state index contributed by atoms with van der Waals surface area (Å²) in [6.07, 6.45) is 0. The van der Waals surface area contributed by atoms with Gasteiger partial charge in [0.1, 0.15) is 5.82 Å². The second-order valence-electron chi connectivity index (χ2n) is 2.95. The van der Waals surface area contributed by atoms with E-state index in [4.69, 9.17) is 11.6 Å². The second-order valence-corrected chi connectivity index (χ2v) is 4.18. The topological polar surface area (TPSA) is 20.3 Å². The smallest absolute Gasteiger partial charge is 0.254 e. The third-order valence-corrected chi connectivity index (χ3v) is 2.89. The van der Waals surface area contributed by atoms with Crippen LogP contribution in [0.25, 0.3) is 0 Å². The molecule has 14 heavy (non-hydrogen) atoms. The van der Waals surface area contributed by atoms with Gasteiger partial charge in [-0.05, 0) is 28.1 Å². The van der Waals surface area contributed by atoms with E-state index in [0.29, 0.717) is 4.47 Å². The minimum Gasteiger partial charge on any atom is -0.345 e. The maximum Gasteiger partial charge on any atom is 0.254 e. The highest BCUT2D eigenvalue weighted by atomic mass is 79.9. The number of hydrogen-bond donors (Lipinski definition) is 0. The van der Waals surface area contributed by atoms with Gasteiger partial charge in [-0.1, -0.05) is 11.6 Å². The van der Waals surface area contributed by atoms with E-state index >= 15 is 0 Å². The summed E-state index contributed by atoms with van der Waals surface area (Å²) in [6.45, 7) is 0. The van der Waals surface area contributed by atoms with Crippen LogP contribution in [0, 0.1) is 5.82 Å². The lowest BCUT2D eigenvalue weighted by molar-refractivity contribution is 0.0827. The van der Waals surface area contributed by atoms with Crippen LogP contribution in [0.2, 0.25) is 5.02 Å². The van der Waals surface area contributed by atoms with Gasteiger partial charge in [-0.3, -0.25) is 4.79 Å². The Kier molecular flexibility index (Phi) is 3.50. The molecule has 1 amide bonds. The zero-order valence-electron chi connectivity index (χ0n) is 7.64. The predicted octanol–water partition coefficient (Wildman–Crippen LogP) is 2.94. The molecule has 0 radical (unpaired) electrons. The Balaban J connectivity index is 3.27. The van der Waals surface area contributed by atoms with Crippen LogP contribution >= 0.6 is 27.5 Å². The van der Waals surface area contributed by atoms with E-state index in [2.05, 4.69) is 15.9 Å². The van der Waals surface area contributed by atoms with E-state index in [9.17, 15) is 9.18 Å². The van der Waals surface area contributed by atoms with Gasteiger partial charge in [0.05, 0.1) is 10.6 Å². The van der Waals surface area contributed by atoms with Crippen LogP contribution in [-0.2, 0) is 0 Å². The maximum absolute atomic E-state index is 13.0. The van der Waals surface area contributed by atoms with E-state index in [0.717, 1.165) is 6.07 Å². The summed E-state index contributed by atoms with van der Waals surface area (Å²) >= 11 is 8.91. The van der Waals surface area contributed by atoms with Crippen LogP contribution in [0.5, 0.6) is 0 Å². The number of rotatable bonds is 1. The largest absolute Gasteiger partial charge is 0.345 e. The minimum atomic E-state index is -0.494. The fourth-order valence-corrected chi connectivity index (χ4v) is 1.57. The lowest BCUT2D eigenvalue weighted by atomic mass is 10.2. The maximum atomic E-state index is 13.0. The number of hydrogen-bond acceptors (Lipinski definition) is 1. The van der Waals surface area contributed by atoms with Gasteiger partial charge in [-0.15, -0.1) is 0 Å². The Bertz CT molecular complexity index is 381. The van der Waals surface area contributed by atoms with Gasteiger partial charge in [0.2, 0.25) is 0 Å². The lowest BCUT2D eigenvalue weighted by Gasteiger charge is -2.12. The quantitative estimate of drug-likeness (QED) is 0.724. The van der Waals surface area contributed by atoms with Crippen LogP contribution in [0.1, 0.15) is 10.4 Å². The summed E-state index contributed by atoms with van der Waals surface area (Å²) in [5.74, 6) is -0.818. The molecule has 76 valence electrons.